The summed E-state index contributed by atoms with van der Waals surface area (Å²) < 4.78 is 25.4. The summed E-state index contributed by atoms with van der Waals surface area (Å²) in [4.78, 5) is 106. The smallest absolute Gasteiger partial charge is 0.550 e. The largest absolute Gasteiger partial charge is 1.00 e. The summed E-state index contributed by atoms with van der Waals surface area (Å²) in [6.45, 7) is 14.4. The molecule has 25 nitrogen and oxygen atoms in total. The van der Waals surface area contributed by atoms with Gasteiger partial charge in [-0.3, -0.25) is 29.0 Å². The van der Waals surface area contributed by atoms with E-state index in [4.69, 9.17) is 29.3 Å². The van der Waals surface area contributed by atoms with E-state index in [1.165, 1.54) is 85.6 Å². The van der Waals surface area contributed by atoms with Crippen molar-refractivity contribution in [2.24, 2.45) is 0 Å². The van der Waals surface area contributed by atoms with Crippen molar-refractivity contribution in [2.75, 3.05) is 39.3 Å². The van der Waals surface area contributed by atoms with E-state index in [0.29, 0.717) is 54.2 Å². The van der Waals surface area contributed by atoms with Crippen molar-refractivity contribution in [3.63, 3.8) is 0 Å². The van der Waals surface area contributed by atoms with Crippen LogP contribution in [0.2, 0.25) is 0 Å². The Morgan fingerprint density at radius 2 is 0.710 bits per heavy atom. The number of carboxylic acid groups (broad SMARTS) is 1. The van der Waals surface area contributed by atoms with Crippen LogP contribution >= 0.6 is 0 Å². The Hall–Kier alpha value is -13.3. The molecule has 0 bridgehead atoms. The molecule has 0 unspecified atom stereocenters. The number of aromatic hydroxyl groups is 1. The minimum Gasteiger partial charge on any atom is -0.550 e. The Labute approximate surface area is 785 Å². The Kier molecular flexibility index (Phi) is 33.6. The summed E-state index contributed by atoms with van der Waals surface area (Å²) in [5.41, 5.74) is 13.1. The Morgan fingerprint density at radius 3 is 1.02 bits per heavy atom. The van der Waals surface area contributed by atoms with Gasteiger partial charge in [-0.05, 0) is 129 Å². The number of fused-ring (bicyclic) bond motifs is 9. The summed E-state index contributed by atoms with van der Waals surface area (Å²) >= 11 is 0. The van der Waals surface area contributed by atoms with Crippen molar-refractivity contribution in [1.29, 1.82) is 0 Å². The molecule has 3 saturated heterocycles. The zero-order valence-corrected chi connectivity index (χ0v) is 76.1. The number of ether oxygens (including phenoxy) is 2. The fraction of sp³-hybridized carbons (Fsp3) is 0.269. The fourth-order valence-corrected chi connectivity index (χ4v) is 18.1. The van der Waals surface area contributed by atoms with E-state index >= 15 is 0 Å². The Balaban J connectivity index is 0.000000152. The van der Waals surface area contributed by atoms with Gasteiger partial charge in [0.1, 0.15) is 36.0 Å². The molecule has 8 aromatic carbocycles. The van der Waals surface area contributed by atoms with E-state index < -0.39 is 17.9 Å². The van der Waals surface area contributed by atoms with Gasteiger partial charge >= 0.3 is 41.5 Å². The number of imidazole rings is 3. The van der Waals surface area contributed by atoms with Gasteiger partial charge in [0.2, 0.25) is 16.3 Å². The molecule has 27 heteroatoms. The van der Waals surface area contributed by atoms with Crippen LogP contribution in [0.5, 0.6) is 17.2 Å². The molecular formula is C104H105BN12NaO13. The number of likely N-dealkylation sites (tertiary alicyclic amines) is 2. The predicted octanol–water partition coefficient (Wildman–Crippen LogP) is 11.9. The van der Waals surface area contributed by atoms with Crippen molar-refractivity contribution in [3.8, 4) is 51.8 Å². The van der Waals surface area contributed by atoms with Gasteiger partial charge in [0.25, 0.3) is 0 Å². The fourth-order valence-electron chi connectivity index (χ4n) is 18.1. The SMILES string of the molecule is C1CCNC1.CC(=O)OOC(C)=O.CC(=O)[O-].O=Cc1cnc2n1C[C@H](C(c1ccccc1)c1ccccc1)n1ccc(=O)c(OCc3ccccc3)c1-2.O=c1ccn2c(c1O)-c1ncc(CN3CCCC3)n1C[C@@H]2C(c1ccccc1)c1ccccc1.O=c1ccn2c(c1OCc1ccccc1)-c1ncc(CN3CCCC3)n1C[C@@H]2C(c1ccccc1)c1ccccc1.[B].[Na+]. The molecule has 2 N–H and O–H groups in total. The number of hydrogen-bond donors (Lipinski definition) is 2. The van der Waals surface area contributed by atoms with E-state index in [1.807, 2.05) is 145 Å². The molecule has 0 aliphatic carbocycles. The van der Waals surface area contributed by atoms with Crippen LogP contribution in [0.4, 0.5) is 0 Å². The van der Waals surface area contributed by atoms with Crippen LogP contribution in [0.1, 0.15) is 162 Å². The molecule has 0 spiro atoms. The maximum Gasteiger partial charge on any atom is 1.00 e. The van der Waals surface area contributed by atoms with E-state index in [-0.39, 0.29) is 108 Å². The number of carboxylic acids is 1. The summed E-state index contributed by atoms with van der Waals surface area (Å²) in [5, 5.41) is 23.0. The Bertz CT molecular complexity index is 6130. The van der Waals surface area contributed by atoms with Gasteiger partial charge in [-0.15, -0.1) is 0 Å². The second-order valence-electron chi connectivity index (χ2n) is 32.6. The minimum absolute atomic E-state index is 0. The monoisotopic (exact) mass is 1760 g/mol. The maximum atomic E-state index is 13.4. The molecule has 0 saturated carbocycles. The average Bonchev–Trinajstić information content (AvgIpc) is 1.56. The molecule has 6 aromatic heterocycles. The van der Waals surface area contributed by atoms with Crippen LogP contribution in [0.25, 0.3) is 34.6 Å². The van der Waals surface area contributed by atoms with Crippen molar-refractivity contribution in [3.05, 3.63) is 390 Å². The first-order chi connectivity index (χ1) is 63.1. The van der Waals surface area contributed by atoms with E-state index in [0.717, 1.165) is 112 Å². The zero-order valence-electron chi connectivity index (χ0n) is 74.1. The number of aliphatic carboxylic acids is 1. The zero-order chi connectivity index (χ0) is 89.5. The van der Waals surface area contributed by atoms with Crippen LogP contribution in [0.3, 0.4) is 0 Å². The van der Waals surface area contributed by atoms with Crippen LogP contribution in [0, 0.1) is 0 Å². The molecule has 131 heavy (non-hydrogen) atoms. The summed E-state index contributed by atoms with van der Waals surface area (Å²) in [7, 11) is 0. The summed E-state index contributed by atoms with van der Waals surface area (Å²) in [6.07, 6.45) is 19.6. The molecule has 663 valence electrons. The van der Waals surface area contributed by atoms with Crippen molar-refractivity contribution < 1.29 is 78.2 Å². The average molecular weight is 1760 g/mol. The maximum absolute atomic E-state index is 13.4. The number of nitrogens with one attached hydrogen (secondary N) is 1. The second kappa shape index (κ2) is 46.3. The number of nitrogens with zero attached hydrogens (tertiary/aromatic N) is 11. The molecule has 20 rings (SSSR count). The standard InChI is InChI=1S/C35H34N4O2.C31H25N3O3.C28H28N4O2.C4H9N.C4H6O4.C2H4O2.B.Na/c40-31-18-21-38-30(32(27-14-6-2-7-15-27)28-16-8-3-9-17-28)24-39-29(23-37-19-10-11-20-37)22-36-35(39)33(38)34(31)41-25-26-12-4-1-5-13-26;35-20-25-18-32-31-29-30(37-21-22-10-4-1-5-11-22)27(36)16-17-33(29)26(19-34(25)31)28(23-12-6-2-7-13-23)24-14-8-3-9-15-24;33-24-13-16-31-23(25(20-9-3-1-4-10-20)21-11-5-2-6-12-21)19-32-22(18-30-14-7-8-15-30)17-29-28(32)26(31)27(24)34;1-2-4-5-3-1;1-3(5)7-8-4(2)6;1-2(3)4;;/h1-9,12-18,21-22,30,32H,10-11,19-20,23-25H2;1-18,20,26,28H,19,21H2;1-6,9-13,16-17,23,25,34H,7-8,14-15,18-19H2;5H,1-4H2;1-2H3;1H3,(H,3,4);;/q;;;;;;;+1/p-1/t30-;26-;23-;;;;;/m111...../s1. The van der Waals surface area contributed by atoms with Crippen molar-refractivity contribution in [2.45, 2.75) is 141 Å². The van der Waals surface area contributed by atoms with E-state index in [9.17, 15) is 33.9 Å². The van der Waals surface area contributed by atoms with Crippen LogP contribution in [-0.2, 0) is 70.1 Å². The molecule has 0 amide bonds. The molecule has 3 atom stereocenters. The minimum atomic E-state index is -1.08. The van der Waals surface area contributed by atoms with Gasteiger partial charge in [-0.2, -0.15) is 0 Å². The predicted molar refractivity (Wildman–Crippen MR) is 497 cm³/mol. The molecule has 14 aromatic rings. The number of benzene rings is 8. The number of aldehydes is 1. The summed E-state index contributed by atoms with van der Waals surface area (Å²) in [5.74, 6) is 0.0954. The van der Waals surface area contributed by atoms with Crippen molar-refractivity contribution in [1.82, 2.24) is 57.5 Å². The number of hydrogen-bond acceptors (Lipinski definition) is 19. The third kappa shape index (κ3) is 23.3. The first-order valence-corrected chi connectivity index (χ1v) is 43.9. The van der Waals surface area contributed by atoms with Gasteiger partial charge in [0.15, 0.2) is 41.0 Å². The molecule has 3 radical (unpaired) electrons. The third-order valence-electron chi connectivity index (χ3n) is 23.9. The van der Waals surface area contributed by atoms with Crippen LogP contribution in [0.15, 0.2) is 312 Å². The van der Waals surface area contributed by atoms with Gasteiger partial charge < -0.3 is 57.2 Å². The first kappa shape index (κ1) is 95.3. The molecule has 12 heterocycles. The van der Waals surface area contributed by atoms with Crippen molar-refractivity contribution >= 4 is 32.6 Å². The van der Waals surface area contributed by atoms with E-state index in [1.54, 1.807) is 18.3 Å². The van der Waals surface area contributed by atoms with Gasteiger partial charge in [0.05, 0.1) is 48.1 Å². The first-order valence-electron chi connectivity index (χ1n) is 43.9. The number of aromatic nitrogens is 9. The number of carbonyl (C=O) groups excluding carboxylic acids is 4. The molecule has 3 fully saturated rings. The topological polar surface area (TPSA) is 286 Å². The van der Waals surface area contributed by atoms with Crippen LogP contribution in [-0.4, -0.2) is 129 Å². The normalized spacial score (nSPS) is 15.3. The molecule has 6 aliphatic heterocycles. The molecular weight excluding hydrogens is 1660 g/mol. The Morgan fingerprint density at radius 1 is 0.420 bits per heavy atom. The quantitative estimate of drug-likeness (QED) is 0.0310. The van der Waals surface area contributed by atoms with Crippen LogP contribution < -0.4 is 65.7 Å². The third-order valence-corrected chi connectivity index (χ3v) is 23.9. The number of carbonyl (C=O) groups is 4. The van der Waals surface area contributed by atoms with Gasteiger partial charge in [-0.25, -0.2) is 34.3 Å². The second-order valence-corrected chi connectivity index (χ2v) is 32.6. The number of pyridine rings is 3. The number of rotatable bonds is 20. The summed E-state index contributed by atoms with van der Waals surface area (Å²) in [6, 6.07) is 87.3. The van der Waals surface area contributed by atoms with Gasteiger partial charge in [0, 0.05) is 115 Å². The van der Waals surface area contributed by atoms with E-state index in [2.05, 4.69) is 186 Å². The molecule has 6 aliphatic rings. The van der Waals surface area contributed by atoms with Gasteiger partial charge in [-0.1, -0.05) is 243 Å².